The molecule has 2 heterocycles. The Morgan fingerprint density at radius 3 is 2.54 bits per heavy atom. The molecule has 28 heavy (non-hydrogen) atoms. The highest BCUT2D eigenvalue weighted by Gasteiger charge is 2.36. The van der Waals surface area contributed by atoms with E-state index in [1.165, 1.54) is 12.0 Å². The molecule has 1 aliphatic heterocycles. The molecule has 1 atom stereocenters. The molecule has 0 aromatic carbocycles. The number of amides is 2. The molecule has 0 saturated carbocycles. The monoisotopic (exact) mass is 414 g/mol. The van der Waals surface area contributed by atoms with Crippen molar-refractivity contribution in [2.24, 2.45) is 0 Å². The van der Waals surface area contributed by atoms with Crippen molar-refractivity contribution >= 4 is 41.0 Å². The van der Waals surface area contributed by atoms with Gasteiger partial charge in [-0.25, -0.2) is 14.4 Å². The van der Waals surface area contributed by atoms with E-state index in [0.29, 0.717) is 5.75 Å². The lowest BCUT2D eigenvalue weighted by atomic mass is 10.2. The quantitative estimate of drug-likeness (QED) is 0.566. The average molecular weight is 414 g/mol. The summed E-state index contributed by atoms with van der Waals surface area (Å²) in [5.74, 6) is -1.60. The number of fused-ring (bicyclic) bond motifs is 1. The lowest BCUT2D eigenvalue weighted by Gasteiger charge is -2.31. The van der Waals surface area contributed by atoms with Crippen LogP contribution in [0.2, 0.25) is 0 Å². The summed E-state index contributed by atoms with van der Waals surface area (Å²) in [6.07, 6.45) is -0.845. The van der Waals surface area contributed by atoms with E-state index in [1.54, 1.807) is 26.2 Å². The van der Waals surface area contributed by atoms with Crippen LogP contribution in [0.5, 0.6) is 5.75 Å². The third-order valence-electron chi connectivity index (χ3n) is 3.57. The maximum atomic E-state index is 12.4. The minimum atomic E-state index is -1.22. The van der Waals surface area contributed by atoms with Crippen LogP contribution >= 0.6 is 11.3 Å². The summed E-state index contributed by atoms with van der Waals surface area (Å²) in [6.45, 7) is 4.47. The maximum Gasteiger partial charge on any atom is 0.408 e. The first-order valence-corrected chi connectivity index (χ1v) is 9.15. The molecule has 1 aromatic rings. The van der Waals surface area contributed by atoms with Gasteiger partial charge < -0.3 is 29.2 Å². The van der Waals surface area contributed by atoms with Crippen molar-refractivity contribution in [3.05, 3.63) is 10.3 Å². The zero-order chi connectivity index (χ0) is 21.1. The minimum Gasteiger partial charge on any atom is -0.481 e. The summed E-state index contributed by atoms with van der Waals surface area (Å²) in [5, 5.41) is 3.96. The van der Waals surface area contributed by atoms with Crippen LogP contribution in [-0.4, -0.2) is 63.0 Å². The van der Waals surface area contributed by atoms with Crippen molar-refractivity contribution in [3.8, 4) is 5.75 Å². The number of ether oxygens (including phenoxy) is 4. The second kappa shape index (κ2) is 8.46. The van der Waals surface area contributed by atoms with Gasteiger partial charge in [-0.2, -0.15) is 0 Å². The predicted octanol–water partition coefficient (Wildman–Crippen LogP) is 1.33. The van der Waals surface area contributed by atoms with E-state index in [9.17, 15) is 19.2 Å². The van der Waals surface area contributed by atoms with E-state index in [0.717, 1.165) is 18.4 Å². The number of alkyl carbamates (subject to hydrolysis) is 1. The molecular formula is C17H22N2O8S. The van der Waals surface area contributed by atoms with Crippen LogP contribution in [0.25, 0.3) is 0 Å². The minimum absolute atomic E-state index is 0.145. The van der Waals surface area contributed by atoms with E-state index < -0.39 is 35.6 Å². The molecule has 1 N–H and O–H groups in total. The van der Waals surface area contributed by atoms with Gasteiger partial charge in [-0.3, -0.25) is 4.79 Å². The zero-order valence-corrected chi connectivity index (χ0v) is 17.0. The number of carbonyl (C=O) groups is 4. The van der Waals surface area contributed by atoms with E-state index in [4.69, 9.17) is 18.9 Å². The Morgan fingerprint density at radius 2 is 1.96 bits per heavy atom. The first kappa shape index (κ1) is 21.5. The number of anilines is 1. The summed E-state index contributed by atoms with van der Waals surface area (Å²) in [6, 6.07) is -1.22. The number of carbonyl (C=O) groups excluding carboxylic acids is 4. The van der Waals surface area contributed by atoms with Crippen molar-refractivity contribution in [2.45, 2.75) is 32.4 Å². The number of nitrogens with zero attached hydrogens (tertiary/aromatic N) is 1. The molecule has 2 rings (SSSR count). The number of nitrogens with one attached hydrogen (secondary N) is 1. The van der Waals surface area contributed by atoms with Crippen LogP contribution in [0.1, 0.15) is 30.4 Å². The Kier molecular flexibility index (Phi) is 6.49. The molecule has 1 aliphatic rings. The number of hydrogen-bond acceptors (Lipinski definition) is 9. The Hall–Kier alpha value is -2.82. The first-order valence-electron chi connectivity index (χ1n) is 8.27. The lowest BCUT2D eigenvalue weighted by molar-refractivity contribution is -0.142. The number of thiophene rings is 1. The first-order chi connectivity index (χ1) is 13.1. The normalized spacial score (nSPS) is 14.5. The van der Waals surface area contributed by atoms with Crippen molar-refractivity contribution in [3.63, 3.8) is 0 Å². The van der Waals surface area contributed by atoms with Crippen LogP contribution in [-0.2, 0) is 23.8 Å². The van der Waals surface area contributed by atoms with Gasteiger partial charge in [0.15, 0.2) is 12.4 Å². The number of hydrogen-bond donors (Lipinski definition) is 1. The van der Waals surface area contributed by atoms with E-state index >= 15 is 0 Å². The molecule has 0 aliphatic carbocycles. The number of esters is 2. The van der Waals surface area contributed by atoms with Gasteiger partial charge in [0.2, 0.25) is 0 Å². The van der Waals surface area contributed by atoms with Crippen LogP contribution in [0, 0.1) is 0 Å². The lowest BCUT2D eigenvalue weighted by Crippen LogP contribution is -2.53. The summed E-state index contributed by atoms with van der Waals surface area (Å²) in [7, 11) is 2.37. The summed E-state index contributed by atoms with van der Waals surface area (Å²) < 4.78 is 19.9. The Labute approximate surface area is 165 Å². The van der Waals surface area contributed by atoms with E-state index in [-0.39, 0.29) is 23.7 Å². The fourth-order valence-electron chi connectivity index (χ4n) is 2.42. The van der Waals surface area contributed by atoms with Crippen molar-refractivity contribution in [1.29, 1.82) is 0 Å². The third kappa shape index (κ3) is 4.91. The van der Waals surface area contributed by atoms with Crippen molar-refractivity contribution < 1.29 is 38.1 Å². The summed E-state index contributed by atoms with van der Waals surface area (Å²) >= 11 is 1.05. The molecule has 0 fully saturated rings. The molecule has 10 nitrogen and oxygen atoms in total. The SMILES string of the molecule is COC(=O)c1scc2c1N(C[C@H](NC(=O)OC(C)(C)C)C(=O)OC)C(=O)CO2. The second-order valence-corrected chi connectivity index (χ2v) is 7.66. The van der Waals surface area contributed by atoms with Gasteiger partial charge in [-0.15, -0.1) is 11.3 Å². The van der Waals surface area contributed by atoms with Crippen LogP contribution in [0.3, 0.4) is 0 Å². The molecule has 0 unspecified atom stereocenters. The molecule has 11 heteroatoms. The summed E-state index contributed by atoms with van der Waals surface area (Å²) in [4.78, 5) is 50.1. The fraction of sp³-hybridized carbons (Fsp3) is 0.529. The molecule has 0 radical (unpaired) electrons. The molecule has 0 bridgehead atoms. The smallest absolute Gasteiger partial charge is 0.408 e. The maximum absolute atomic E-state index is 12.4. The highest BCUT2D eigenvalue weighted by Crippen LogP contribution is 2.41. The zero-order valence-electron chi connectivity index (χ0n) is 16.2. The topological polar surface area (TPSA) is 120 Å². The highest BCUT2D eigenvalue weighted by atomic mass is 32.1. The van der Waals surface area contributed by atoms with Gasteiger partial charge in [0.25, 0.3) is 5.91 Å². The average Bonchev–Trinajstić information content (AvgIpc) is 3.04. The Morgan fingerprint density at radius 1 is 1.29 bits per heavy atom. The van der Waals surface area contributed by atoms with E-state index in [1.807, 2.05) is 0 Å². The van der Waals surface area contributed by atoms with Gasteiger partial charge in [-0.1, -0.05) is 0 Å². The van der Waals surface area contributed by atoms with Crippen LogP contribution < -0.4 is 15.0 Å². The number of methoxy groups -OCH3 is 2. The number of rotatable bonds is 5. The predicted molar refractivity (Wildman–Crippen MR) is 98.7 cm³/mol. The van der Waals surface area contributed by atoms with Gasteiger partial charge in [0, 0.05) is 5.38 Å². The van der Waals surface area contributed by atoms with Gasteiger partial charge in [0.05, 0.1) is 20.8 Å². The fourth-order valence-corrected chi connectivity index (χ4v) is 3.33. The highest BCUT2D eigenvalue weighted by molar-refractivity contribution is 7.13. The standard InChI is InChI=1S/C17H22N2O8S/c1-17(2,3)27-16(23)18-9(14(21)24-4)6-19-11(20)7-26-10-8-28-13(12(10)19)15(22)25-5/h8-9H,6-7H2,1-5H3,(H,18,23)/t9-/m0/s1. The van der Waals surface area contributed by atoms with Gasteiger partial charge in [-0.05, 0) is 20.8 Å². The largest absolute Gasteiger partial charge is 0.481 e. The third-order valence-corrected chi connectivity index (χ3v) is 4.49. The summed E-state index contributed by atoms with van der Waals surface area (Å²) in [5.41, 5.74) is -0.592. The Balaban J connectivity index is 2.30. The molecule has 1 aromatic heterocycles. The molecule has 2 amide bonds. The van der Waals surface area contributed by atoms with Gasteiger partial charge >= 0.3 is 18.0 Å². The van der Waals surface area contributed by atoms with Crippen LogP contribution in [0.15, 0.2) is 5.38 Å². The molecule has 0 saturated heterocycles. The molecule has 0 spiro atoms. The molecular weight excluding hydrogens is 392 g/mol. The van der Waals surface area contributed by atoms with Crippen molar-refractivity contribution in [2.75, 3.05) is 32.3 Å². The second-order valence-electron chi connectivity index (χ2n) is 6.78. The van der Waals surface area contributed by atoms with Crippen LogP contribution in [0.4, 0.5) is 10.5 Å². The van der Waals surface area contributed by atoms with E-state index in [2.05, 4.69) is 5.32 Å². The van der Waals surface area contributed by atoms with Gasteiger partial charge in [0.1, 0.15) is 22.2 Å². The Bertz CT molecular complexity index is 783. The van der Waals surface area contributed by atoms with Crippen molar-refractivity contribution in [1.82, 2.24) is 5.32 Å². The molecule has 154 valence electrons.